The van der Waals surface area contributed by atoms with Crippen LogP contribution in [-0.4, -0.2) is 24.6 Å². The molecular formula is C32H68O2P2S2. The number of hydrogen-bond acceptors (Lipinski definition) is 4. The van der Waals surface area contributed by atoms with Crippen molar-refractivity contribution in [2.45, 2.75) is 182 Å². The highest BCUT2D eigenvalue weighted by atomic mass is 33.5. The standard InChI is InChI=1S/C32H68O2P2S2/c1-5-9-13-17-21-25-29-35(33,30-26-22-18-14-10-6-2)37-38-36(34,31-27-23-19-15-11-7-3)32-28-24-20-16-12-8-4/h5-32H2,1-4H3. The van der Waals surface area contributed by atoms with Crippen LogP contribution in [0.1, 0.15) is 182 Å². The van der Waals surface area contributed by atoms with Crippen LogP contribution in [0.25, 0.3) is 0 Å². The molecule has 0 heterocycles. The summed E-state index contributed by atoms with van der Waals surface area (Å²) in [5.74, 6) is 0. The summed E-state index contributed by atoms with van der Waals surface area (Å²) < 4.78 is 28.3. The molecule has 0 aromatic heterocycles. The first-order chi connectivity index (χ1) is 18.4. The van der Waals surface area contributed by atoms with Crippen LogP contribution in [-0.2, 0) is 9.13 Å². The fourth-order valence-electron chi connectivity index (χ4n) is 5.03. The predicted molar refractivity (Wildman–Crippen MR) is 183 cm³/mol. The second kappa shape index (κ2) is 28.3. The van der Waals surface area contributed by atoms with Crippen LogP contribution in [0.3, 0.4) is 0 Å². The maximum absolute atomic E-state index is 14.2. The lowest BCUT2D eigenvalue weighted by atomic mass is 10.1. The van der Waals surface area contributed by atoms with Gasteiger partial charge in [0.25, 0.3) is 0 Å². The van der Waals surface area contributed by atoms with Gasteiger partial charge in [0.15, 0.2) is 0 Å². The van der Waals surface area contributed by atoms with E-state index in [2.05, 4.69) is 27.7 Å². The monoisotopic (exact) mass is 610 g/mol. The van der Waals surface area contributed by atoms with Gasteiger partial charge in [0.1, 0.15) is 12.7 Å². The average Bonchev–Trinajstić information content (AvgIpc) is 2.91. The second-order valence-corrected chi connectivity index (χ2v) is 24.7. The van der Waals surface area contributed by atoms with Crippen molar-refractivity contribution < 1.29 is 9.13 Å². The van der Waals surface area contributed by atoms with Crippen molar-refractivity contribution in [1.82, 2.24) is 0 Å². The SMILES string of the molecule is CCCCCCCCP(=O)(CCCCCCCC)SSP(=O)(CCCCCCCC)CCCCCCCC. The lowest BCUT2D eigenvalue weighted by Gasteiger charge is -2.22. The topological polar surface area (TPSA) is 34.1 Å². The summed E-state index contributed by atoms with van der Waals surface area (Å²) in [4.78, 5) is 0. The molecule has 0 rings (SSSR count). The Hall–Kier alpha value is 1.16. The maximum atomic E-state index is 14.2. The van der Waals surface area contributed by atoms with Gasteiger partial charge in [-0.15, -0.1) is 0 Å². The first-order valence-electron chi connectivity index (χ1n) is 17.0. The third kappa shape index (κ3) is 24.9. The zero-order valence-corrected chi connectivity index (χ0v) is 29.7. The molecule has 0 unspecified atom stereocenters. The van der Waals surface area contributed by atoms with Crippen molar-refractivity contribution in [1.29, 1.82) is 0 Å². The molecule has 0 aromatic carbocycles. The van der Waals surface area contributed by atoms with Gasteiger partial charge in [-0.3, -0.25) is 0 Å². The molecule has 0 N–H and O–H groups in total. The molecule has 0 spiro atoms. The van der Waals surface area contributed by atoms with E-state index in [1.807, 2.05) is 0 Å². The van der Waals surface area contributed by atoms with Crippen LogP contribution in [0.15, 0.2) is 0 Å². The smallest absolute Gasteiger partial charge is 0.149 e. The van der Waals surface area contributed by atoms with Gasteiger partial charge >= 0.3 is 0 Å². The predicted octanol–water partition coefficient (Wildman–Crippen LogP) is 14.4. The molecule has 38 heavy (non-hydrogen) atoms. The molecular weight excluding hydrogens is 542 g/mol. The third-order valence-electron chi connectivity index (χ3n) is 7.71. The van der Waals surface area contributed by atoms with E-state index >= 15 is 0 Å². The van der Waals surface area contributed by atoms with Crippen LogP contribution in [0.4, 0.5) is 0 Å². The Kier molecular flexibility index (Phi) is 29.2. The quantitative estimate of drug-likeness (QED) is 0.0444. The minimum Gasteiger partial charge on any atom is -0.311 e. The van der Waals surface area contributed by atoms with Gasteiger partial charge in [0.05, 0.1) is 0 Å². The summed E-state index contributed by atoms with van der Waals surface area (Å²) in [6.07, 6.45) is 28.7. The van der Waals surface area contributed by atoms with Crippen LogP contribution in [0.2, 0.25) is 0 Å². The molecule has 0 atom stereocenters. The fraction of sp³-hybridized carbons (Fsp3) is 1.00. The minimum atomic E-state index is -2.33. The van der Waals surface area contributed by atoms with E-state index < -0.39 is 12.7 Å². The van der Waals surface area contributed by atoms with Gasteiger partial charge in [-0.05, 0) is 46.5 Å². The van der Waals surface area contributed by atoms with E-state index in [0.717, 1.165) is 50.3 Å². The Morgan fingerprint density at radius 2 is 0.500 bits per heavy atom. The normalized spacial score (nSPS) is 12.4. The van der Waals surface area contributed by atoms with Crippen molar-refractivity contribution >= 4 is 33.5 Å². The van der Waals surface area contributed by atoms with Crippen molar-refractivity contribution in [3.8, 4) is 0 Å². The Labute approximate surface area is 248 Å². The highest BCUT2D eigenvalue weighted by Crippen LogP contribution is 2.76. The van der Waals surface area contributed by atoms with E-state index in [-0.39, 0.29) is 0 Å². The summed E-state index contributed by atoms with van der Waals surface area (Å²) in [7, 11) is 3.24. The van der Waals surface area contributed by atoms with E-state index in [1.165, 1.54) is 128 Å². The van der Waals surface area contributed by atoms with E-state index in [4.69, 9.17) is 0 Å². The first kappa shape index (κ1) is 39.2. The van der Waals surface area contributed by atoms with Crippen LogP contribution in [0.5, 0.6) is 0 Å². The molecule has 230 valence electrons. The average molecular weight is 611 g/mol. The molecule has 0 saturated carbocycles. The largest absolute Gasteiger partial charge is 0.311 e. The summed E-state index contributed by atoms with van der Waals surface area (Å²) in [6.45, 7) is 9.04. The van der Waals surface area contributed by atoms with Crippen molar-refractivity contribution in [2.24, 2.45) is 0 Å². The van der Waals surface area contributed by atoms with Crippen molar-refractivity contribution in [2.75, 3.05) is 24.6 Å². The zero-order valence-electron chi connectivity index (χ0n) is 26.3. The molecule has 0 amide bonds. The maximum Gasteiger partial charge on any atom is 0.149 e. The summed E-state index contributed by atoms with van der Waals surface area (Å²) in [5.41, 5.74) is 0. The number of rotatable bonds is 31. The van der Waals surface area contributed by atoms with Crippen molar-refractivity contribution in [3.63, 3.8) is 0 Å². The van der Waals surface area contributed by atoms with E-state index in [9.17, 15) is 9.13 Å². The first-order valence-corrected chi connectivity index (χ1v) is 24.5. The molecule has 0 fully saturated rings. The Morgan fingerprint density at radius 3 is 0.711 bits per heavy atom. The Bertz CT molecular complexity index is 496. The van der Waals surface area contributed by atoms with Gasteiger partial charge in [-0.2, -0.15) is 0 Å². The molecule has 6 heteroatoms. The molecule has 0 aromatic rings. The third-order valence-corrected chi connectivity index (χ3v) is 23.6. The van der Waals surface area contributed by atoms with Gasteiger partial charge in [0.2, 0.25) is 0 Å². The number of hydrogen-bond donors (Lipinski definition) is 0. The highest BCUT2D eigenvalue weighted by Gasteiger charge is 2.30. The van der Waals surface area contributed by atoms with Crippen LogP contribution in [0, 0.1) is 0 Å². The van der Waals surface area contributed by atoms with E-state index in [0.29, 0.717) is 0 Å². The van der Waals surface area contributed by atoms with Gasteiger partial charge in [-0.1, -0.05) is 156 Å². The lowest BCUT2D eigenvalue weighted by Crippen LogP contribution is -1.96. The lowest BCUT2D eigenvalue weighted by molar-refractivity contribution is 0.570. The summed E-state index contributed by atoms with van der Waals surface area (Å²) in [6, 6.07) is 0. The fourth-order valence-corrected chi connectivity index (χ4v) is 23.4. The van der Waals surface area contributed by atoms with Crippen LogP contribution >= 0.6 is 33.5 Å². The molecule has 2 nitrogen and oxygen atoms in total. The number of unbranched alkanes of at least 4 members (excludes halogenated alkanes) is 20. The molecule has 0 aliphatic rings. The minimum absolute atomic E-state index is 0.861. The van der Waals surface area contributed by atoms with Gasteiger partial charge in [-0.25, -0.2) is 0 Å². The van der Waals surface area contributed by atoms with Gasteiger partial charge < -0.3 is 9.13 Å². The zero-order chi connectivity index (χ0) is 28.2. The molecule has 0 bridgehead atoms. The second-order valence-electron chi connectivity index (χ2n) is 11.7. The Morgan fingerprint density at radius 1 is 0.316 bits per heavy atom. The molecule has 0 aliphatic heterocycles. The van der Waals surface area contributed by atoms with Crippen LogP contribution < -0.4 is 0 Å². The molecule has 0 saturated heterocycles. The summed E-state index contributed by atoms with van der Waals surface area (Å²) in [5, 5.41) is 0. The molecule has 0 radical (unpaired) electrons. The van der Waals surface area contributed by atoms with Gasteiger partial charge in [0, 0.05) is 24.6 Å². The summed E-state index contributed by atoms with van der Waals surface area (Å²) >= 11 is 0. The van der Waals surface area contributed by atoms with E-state index in [1.54, 1.807) is 20.8 Å². The molecule has 0 aliphatic carbocycles. The Balaban J connectivity index is 4.95. The highest BCUT2D eigenvalue weighted by molar-refractivity contribution is 9.14. The van der Waals surface area contributed by atoms with Crippen molar-refractivity contribution in [3.05, 3.63) is 0 Å².